The van der Waals surface area contributed by atoms with Gasteiger partial charge >= 0.3 is 0 Å². The third kappa shape index (κ3) is 5.81. The first-order chi connectivity index (χ1) is 14.4. The fourth-order valence-corrected chi connectivity index (χ4v) is 3.92. The quantitative estimate of drug-likeness (QED) is 0.461. The first-order valence-corrected chi connectivity index (χ1v) is 10.5. The number of benzene rings is 2. The third-order valence-electron chi connectivity index (χ3n) is 4.16. The molecule has 0 saturated carbocycles. The van der Waals surface area contributed by atoms with Crippen molar-refractivity contribution in [3.05, 3.63) is 81.4 Å². The van der Waals surface area contributed by atoms with Gasteiger partial charge in [-0.25, -0.2) is 4.39 Å². The van der Waals surface area contributed by atoms with Crippen LogP contribution in [0.2, 0.25) is 5.02 Å². The van der Waals surface area contributed by atoms with Gasteiger partial charge in [-0.2, -0.15) is 0 Å². The summed E-state index contributed by atoms with van der Waals surface area (Å²) in [4.78, 5) is 25.3. The molecule has 0 aliphatic rings. The van der Waals surface area contributed by atoms with Crippen molar-refractivity contribution in [1.82, 2.24) is 5.32 Å². The largest absolute Gasteiger partial charge is 0.494 e. The van der Waals surface area contributed by atoms with Crippen LogP contribution in [0.25, 0.3) is 0 Å². The summed E-state index contributed by atoms with van der Waals surface area (Å²) >= 11 is 7.10. The van der Waals surface area contributed by atoms with Crippen LogP contribution in [0.4, 0.5) is 9.39 Å². The second kappa shape index (κ2) is 10.2. The van der Waals surface area contributed by atoms with Crippen molar-refractivity contribution in [2.45, 2.75) is 13.3 Å². The van der Waals surface area contributed by atoms with Crippen molar-refractivity contribution in [2.24, 2.45) is 0 Å². The summed E-state index contributed by atoms with van der Waals surface area (Å²) in [5.74, 6) is -0.403. The van der Waals surface area contributed by atoms with Gasteiger partial charge in [0.1, 0.15) is 11.6 Å². The van der Waals surface area contributed by atoms with Crippen molar-refractivity contribution >= 4 is 39.8 Å². The van der Waals surface area contributed by atoms with Crippen LogP contribution in [0.5, 0.6) is 5.75 Å². The van der Waals surface area contributed by atoms with E-state index in [2.05, 4.69) is 10.6 Å². The molecular weight excluding hydrogens is 427 g/mol. The number of carbonyl (C=O) groups excluding carboxylic acids is 2. The molecule has 3 rings (SSSR count). The minimum atomic E-state index is -0.517. The molecular formula is C22H20ClFN2O3S. The van der Waals surface area contributed by atoms with Crippen LogP contribution in [-0.4, -0.2) is 25.0 Å². The van der Waals surface area contributed by atoms with Gasteiger partial charge in [0, 0.05) is 6.54 Å². The lowest BCUT2D eigenvalue weighted by atomic mass is 10.2. The molecule has 156 valence electrons. The number of thiophene rings is 1. The van der Waals surface area contributed by atoms with Gasteiger partial charge < -0.3 is 15.4 Å². The summed E-state index contributed by atoms with van der Waals surface area (Å²) in [6, 6.07) is 14.8. The number of para-hydroxylation sites is 1. The molecule has 0 saturated heterocycles. The smallest absolute Gasteiger partial charge is 0.261 e. The molecule has 0 aliphatic carbocycles. The van der Waals surface area contributed by atoms with E-state index < -0.39 is 11.7 Å². The van der Waals surface area contributed by atoms with Gasteiger partial charge in [0.2, 0.25) is 0 Å². The number of nitrogens with one attached hydrogen (secondary N) is 2. The Kier molecular flexibility index (Phi) is 7.43. The number of rotatable bonds is 8. The molecule has 2 aromatic carbocycles. The zero-order valence-electron chi connectivity index (χ0n) is 16.2. The molecule has 3 aromatic rings. The summed E-state index contributed by atoms with van der Waals surface area (Å²) < 4.78 is 18.7. The maximum Gasteiger partial charge on any atom is 0.261 e. The van der Waals surface area contributed by atoms with Crippen molar-refractivity contribution in [3.63, 3.8) is 0 Å². The van der Waals surface area contributed by atoms with Crippen molar-refractivity contribution < 1.29 is 18.7 Å². The van der Waals surface area contributed by atoms with Crippen LogP contribution in [0.1, 0.15) is 32.0 Å². The molecule has 30 heavy (non-hydrogen) atoms. The highest BCUT2D eigenvalue weighted by Gasteiger charge is 2.17. The average Bonchev–Trinajstić information content (AvgIpc) is 3.08. The summed E-state index contributed by atoms with van der Waals surface area (Å²) in [5.41, 5.74) is 0.909. The van der Waals surface area contributed by atoms with Crippen LogP contribution in [0.3, 0.4) is 0 Å². The standard InChI is InChI=1S/C22H20ClFN2O3S/c1-14-12-19(26-21(27)17-9-8-15(24)13-18(17)23)30-20(14)22(28)25-10-5-11-29-16-6-3-2-4-7-16/h2-4,6-9,12-13H,5,10-11H2,1H3,(H,25,28)(H,26,27). The molecule has 5 nitrogen and oxygen atoms in total. The first kappa shape index (κ1) is 21.8. The van der Waals surface area contributed by atoms with Crippen molar-refractivity contribution in [1.29, 1.82) is 0 Å². The minimum absolute atomic E-state index is 0.0245. The second-order valence-corrected chi connectivity index (χ2v) is 7.93. The molecule has 8 heteroatoms. The molecule has 0 aliphatic heterocycles. The molecule has 1 heterocycles. The molecule has 2 N–H and O–H groups in total. The molecule has 2 amide bonds. The number of ether oxygens (including phenoxy) is 1. The van der Waals surface area contributed by atoms with Crippen LogP contribution in [-0.2, 0) is 0 Å². The number of hydrogen-bond donors (Lipinski definition) is 2. The summed E-state index contributed by atoms with van der Waals surface area (Å²) in [6.07, 6.45) is 0.664. The van der Waals surface area contributed by atoms with Crippen LogP contribution in [0, 0.1) is 12.7 Å². The molecule has 0 fully saturated rings. The molecule has 0 spiro atoms. The molecule has 1 aromatic heterocycles. The Bertz CT molecular complexity index is 1040. The normalized spacial score (nSPS) is 10.5. The molecule has 0 radical (unpaired) electrons. The van der Waals surface area contributed by atoms with E-state index in [1.165, 1.54) is 23.5 Å². The fourth-order valence-electron chi connectivity index (χ4n) is 2.68. The monoisotopic (exact) mass is 446 g/mol. The maximum absolute atomic E-state index is 13.2. The summed E-state index contributed by atoms with van der Waals surface area (Å²) in [6.45, 7) is 2.76. The van der Waals surface area contributed by atoms with Crippen LogP contribution in [0.15, 0.2) is 54.6 Å². The van der Waals surface area contributed by atoms with Gasteiger partial charge in [-0.15, -0.1) is 11.3 Å². The Balaban J connectivity index is 1.51. The van der Waals surface area contributed by atoms with E-state index in [1.807, 2.05) is 30.3 Å². The van der Waals surface area contributed by atoms with E-state index >= 15 is 0 Å². The third-order valence-corrected chi connectivity index (χ3v) is 5.62. The Morgan fingerprint density at radius 3 is 2.60 bits per heavy atom. The Hall–Kier alpha value is -2.90. The van der Waals surface area contributed by atoms with E-state index in [1.54, 1.807) is 13.0 Å². The first-order valence-electron chi connectivity index (χ1n) is 9.27. The average molecular weight is 447 g/mol. The number of hydrogen-bond acceptors (Lipinski definition) is 4. The topological polar surface area (TPSA) is 67.4 Å². The highest BCUT2D eigenvalue weighted by molar-refractivity contribution is 7.18. The fraction of sp³-hybridized carbons (Fsp3) is 0.182. The van der Waals surface area contributed by atoms with Gasteiger partial charge in [0.15, 0.2) is 0 Å². The lowest BCUT2D eigenvalue weighted by Gasteiger charge is -2.07. The van der Waals surface area contributed by atoms with E-state index in [0.29, 0.717) is 29.5 Å². The zero-order chi connectivity index (χ0) is 21.5. The lowest BCUT2D eigenvalue weighted by molar-refractivity contribution is 0.0954. The lowest BCUT2D eigenvalue weighted by Crippen LogP contribution is -2.25. The maximum atomic E-state index is 13.2. The van der Waals surface area contributed by atoms with Gasteiger partial charge in [-0.05, 0) is 55.3 Å². The van der Waals surface area contributed by atoms with Crippen LogP contribution >= 0.6 is 22.9 Å². The highest BCUT2D eigenvalue weighted by Crippen LogP contribution is 2.28. The predicted octanol–water partition coefficient (Wildman–Crippen LogP) is 5.30. The van der Waals surface area contributed by atoms with E-state index in [0.717, 1.165) is 17.4 Å². The second-order valence-electron chi connectivity index (χ2n) is 6.47. The van der Waals surface area contributed by atoms with Gasteiger partial charge in [0.25, 0.3) is 11.8 Å². The zero-order valence-corrected chi connectivity index (χ0v) is 17.8. The Morgan fingerprint density at radius 2 is 1.87 bits per heavy atom. The number of carbonyl (C=O) groups is 2. The van der Waals surface area contributed by atoms with Gasteiger partial charge in [0.05, 0.1) is 27.1 Å². The minimum Gasteiger partial charge on any atom is -0.494 e. The van der Waals surface area contributed by atoms with Gasteiger partial charge in [-0.1, -0.05) is 29.8 Å². The van der Waals surface area contributed by atoms with Crippen molar-refractivity contribution in [3.8, 4) is 5.75 Å². The highest BCUT2D eigenvalue weighted by atomic mass is 35.5. The number of aryl methyl sites for hydroxylation is 1. The van der Waals surface area contributed by atoms with E-state index in [4.69, 9.17) is 16.3 Å². The molecule has 0 bridgehead atoms. The number of amides is 2. The number of halogens is 2. The van der Waals surface area contributed by atoms with Crippen LogP contribution < -0.4 is 15.4 Å². The Labute approximate surface area is 182 Å². The Morgan fingerprint density at radius 1 is 1.10 bits per heavy atom. The van der Waals surface area contributed by atoms with E-state index in [-0.39, 0.29) is 16.5 Å². The van der Waals surface area contributed by atoms with Gasteiger partial charge in [-0.3, -0.25) is 9.59 Å². The predicted molar refractivity (Wildman–Crippen MR) is 117 cm³/mol. The SMILES string of the molecule is Cc1cc(NC(=O)c2ccc(F)cc2Cl)sc1C(=O)NCCCOc1ccccc1. The molecule has 0 unspecified atom stereocenters. The summed E-state index contributed by atoms with van der Waals surface area (Å²) in [5, 5.41) is 6.09. The number of anilines is 1. The van der Waals surface area contributed by atoms with E-state index in [9.17, 15) is 14.0 Å². The van der Waals surface area contributed by atoms with Crippen molar-refractivity contribution in [2.75, 3.05) is 18.5 Å². The summed E-state index contributed by atoms with van der Waals surface area (Å²) in [7, 11) is 0. The molecule has 0 atom stereocenters.